The van der Waals surface area contributed by atoms with Crippen molar-refractivity contribution in [2.45, 2.75) is 19.3 Å². The van der Waals surface area contributed by atoms with Crippen LogP contribution in [0.2, 0.25) is 0 Å². The Morgan fingerprint density at radius 1 is 1.06 bits per heavy atom. The molecule has 88 valence electrons. The summed E-state index contributed by atoms with van der Waals surface area (Å²) in [5.41, 5.74) is 0.864. The standard InChI is InChI=1S/C12H14N4O/c1-2-6-16(7-3-1)11-5-4-10(8-13-11)12-14-9-15-17-12/h4-5,8-9H,1-3,6-7H2. The third-order valence-corrected chi connectivity index (χ3v) is 3.04. The molecule has 1 aliphatic heterocycles. The maximum absolute atomic E-state index is 4.99. The fourth-order valence-corrected chi connectivity index (χ4v) is 2.12. The van der Waals surface area contributed by atoms with Gasteiger partial charge < -0.3 is 9.42 Å². The summed E-state index contributed by atoms with van der Waals surface area (Å²) in [5, 5.41) is 3.59. The lowest BCUT2D eigenvalue weighted by Gasteiger charge is -2.27. The van der Waals surface area contributed by atoms with Crippen LogP contribution in [0.5, 0.6) is 0 Å². The monoisotopic (exact) mass is 230 g/mol. The summed E-state index contributed by atoms with van der Waals surface area (Å²) in [4.78, 5) is 10.8. The second-order valence-corrected chi connectivity index (χ2v) is 4.20. The van der Waals surface area contributed by atoms with Crippen LogP contribution in [0.15, 0.2) is 29.2 Å². The van der Waals surface area contributed by atoms with Crippen LogP contribution in [-0.2, 0) is 0 Å². The second kappa shape index (κ2) is 4.53. The van der Waals surface area contributed by atoms with Gasteiger partial charge in [0.05, 0.1) is 5.56 Å². The molecule has 2 aromatic rings. The van der Waals surface area contributed by atoms with E-state index in [2.05, 4.69) is 20.0 Å². The molecule has 1 fully saturated rings. The zero-order chi connectivity index (χ0) is 11.5. The fraction of sp³-hybridized carbons (Fsp3) is 0.417. The van der Waals surface area contributed by atoms with Gasteiger partial charge in [-0.25, -0.2) is 4.98 Å². The molecule has 0 N–H and O–H groups in total. The smallest absolute Gasteiger partial charge is 0.259 e. The summed E-state index contributed by atoms with van der Waals surface area (Å²) in [6.45, 7) is 2.21. The van der Waals surface area contributed by atoms with Crippen molar-refractivity contribution in [1.29, 1.82) is 0 Å². The van der Waals surface area contributed by atoms with Gasteiger partial charge in [0.15, 0.2) is 6.33 Å². The highest BCUT2D eigenvalue weighted by Gasteiger charge is 2.12. The molecule has 5 heteroatoms. The zero-order valence-corrected chi connectivity index (χ0v) is 9.54. The first-order valence-corrected chi connectivity index (χ1v) is 5.91. The van der Waals surface area contributed by atoms with Crippen LogP contribution < -0.4 is 4.90 Å². The Morgan fingerprint density at radius 2 is 1.94 bits per heavy atom. The largest absolute Gasteiger partial charge is 0.357 e. The van der Waals surface area contributed by atoms with Gasteiger partial charge in [-0.05, 0) is 31.4 Å². The van der Waals surface area contributed by atoms with Crippen molar-refractivity contribution in [3.63, 3.8) is 0 Å². The van der Waals surface area contributed by atoms with Crippen LogP contribution in [0.1, 0.15) is 19.3 Å². The quantitative estimate of drug-likeness (QED) is 0.791. The average molecular weight is 230 g/mol. The Balaban J connectivity index is 1.80. The summed E-state index contributed by atoms with van der Waals surface area (Å²) in [6.07, 6.45) is 7.03. The van der Waals surface area contributed by atoms with Crippen molar-refractivity contribution < 1.29 is 4.52 Å². The molecular weight excluding hydrogens is 216 g/mol. The minimum atomic E-state index is 0.516. The summed E-state index contributed by atoms with van der Waals surface area (Å²) >= 11 is 0. The maximum atomic E-state index is 4.99. The second-order valence-electron chi connectivity index (χ2n) is 4.20. The minimum Gasteiger partial charge on any atom is -0.357 e. The number of anilines is 1. The topological polar surface area (TPSA) is 55.1 Å². The first-order chi connectivity index (χ1) is 8.43. The molecule has 1 saturated heterocycles. The Bertz CT molecular complexity index is 460. The number of hydrogen-bond acceptors (Lipinski definition) is 5. The van der Waals surface area contributed by atoms with Gasteiger partial charge in [-0.15, -0.1) is 0 Å². The molecule has 3 heterocycles. The Hall–Kier alpha value is -1.91. The van der Waals surface area contributed by atoms with Gasteiger partial charge in [-0.3, -0.25) is 0 Å². The van der Waals surface area contributed by atoms with Gasteiger partial charge in [0, 0.05) is 19.3 Å². The van der Waals surface area contributed by atoms with E-state index in [0.29, 0.717) is 5.89 Å². The molecule has 0 unspecified atom stereocenters. The van der Waals surface area contributed by atoms with Crippen molar-refractivity contribution in [2.24, 2.45) is 0 Å². The van der Waals surface area contributed by atoms with E-state index in [4.69, 9.17) is 4.52 Å². The van der Waals surface area contributed by atoms with Crippen molar-refractivity contribution in [1.82, 2.24) is 15.1 Å². The molecule has 0 aromatic carbocycles. The highest BCUT2D eigenvalue weighted by molar-refractivity contribution is 5.54. The number of nitrogens with zero attached hydrogens (tertiary/aromatic N) is 4. The molecule has 0 amide bonds. The number of pyridine rings is 1. The van der Waals surface area contributed by atoms with Gasteiger partial charge >= 0.3 is 0 Å². The highest BCUT2D eigenvalue weighted by atomic mass is 16.5. The van der Waals surface area contributed by atoms with Crippen LogP contribution in [-0.4, -0.2) is 28.2 Å². The van der Waals surface area contributed by atoms with Crippen LogP contribution in [0.4, 0.5) is 5.82 Å². The SMILES string of the molecule is c1noc(-c2ccc(N3CCCCC3)nc2)n1. The predicted molar refractivity (Wildman–Crippen MR) is 63.6 cm³/mol. The van der Waals surface area contributed by atoms with E-state index in [9.17, 15) is 0 Å². The first-order valence-electron chi connectivity index (χ1n) is 5.91. The van der Waals surface area contributed by atoms with Gasteiger partial charge in [0.2, 0.25) is 0 Å². The molecule has 3 rings (SSSR count). The van der Waals surface area contributed by atoms with E-state index in [1.54, 1.807) is 6.20 Å². The third-order valence-electron chi connectivity index (χ3n) is 3.04. The fourth-order valence-electron chi connectivity index (χ4n) is 2.12. The molecule has 17 heavy (non-hydrogen) atoms. The Kier molecular flexibility index (Phi) is 2.73. The van der Waals surface area contributed by atoms with Crippen LogP contribution in [0.3, 0.4) is 0 Å². The summed E-state index contributed by atoms with van der Waals surface area (Å²) in [5.74, 6) is 1.55. The van der Waals surface area contributed by atoms with Crippen molar-refractivity contribution in [3.05, 3.63) is 24.7 Å². The van der Waals surface area contributed by atoms with E-state index in [-0.39, 0.29) is 0 Å². The zero-order valence-electron chi connectivity index (χ0n) is 9.54. The van der Waals surface area contributed by atoms with Crippen LogP contribution >= 0.6 is 0 Å². The number of rotatable bonds is 2. The van der Waals surface area contributed by atoms with Gasteiger partial charge in [-0.1, -0.05) is 5.16 Å². The minimum absolute atomic E-state index is 0.516. The van der Waals surface area contributed by atoms with Crippen molar-refractivity contribution in [3.8, 4) is 11.5 Å². The van der Waals surface area contributed by atoms with E-state index < -0.39 is 0 Å². The molecule has 5 nitrogen and oxygen atoms in total. The summed E-state index contributed by atoms with van der Waals surface area (Å²) in [6, 6.07) is 4.00. The van der Waals surface area contributed by atoms with Crippen LogP contribution in [0, 0.1) is 0 Å². The molecule has 0 radical (unpaired) electrons. The van der Waals surface area contributed by atoms with E-state index >= 15 is 0 Å². The molecule has 0 spiro atoms. The van der Waals surface area contributed by atoms with Gasteiger partial charge in [-0.2, -0.15) is 4.98 Å². The number of aromatic nitrogens is 3. The van der Waals surface area contributed by atoms with Crippen molar-refractivity contribution >= 4 is 5.82 Å². The van der Waals surface area contributed by atoms with Crippen molar-refractivity contribution in [2.75, 3.05) is 18.0 Å². The lowest BCUT2D eigenvalue weighted by atomic mass is 10.1. The molecule has 2 aromatic heterocycles. The molecule has 0 atom stereocenters. The molecule has 0 aliphatic carbocycles. The molecule has 0 bridgehead atoms. The summed E-state index contributed by atoms with van der Waals surface area (Å²) in [7, 11) is 0. The lowest BCUT2D eigenvalue weighted by molar-refractivity contribution is 0.430. The van der Waals surface area contributed by atoms with E-state index in [1.165, 1.54) is 25.6 Å². The molecule has 1 aliphatic rings. The Morgan fingerprint density at radius 3 is 2.59 bits per heavy atom. The van der Waals surface area contributed by atoms with E-state index in [1.807, 2.05) is 12.1 Å². The third kappa shape index (κ3) is 2.13. The Labute approximate surface area is 99.5 Å². The van der Waals surface area contributed by atoms with Gasteiger partial charge in [0.25, 0.3) is 5.89 Å². The number of hydrogen-bond donors (Lipinski definition) is 0. The van der Waals surface area contributed by atoms with E-state index in [0.717, 1.165) is 24.5 Å². The van der Waals surface area contributed by atoms with Crippen LogP contribution in [0.25, 0.3) is 11.5 Å². The molecular formula is C12H14N4O. The average Bonchev–Trinajstić information content (AvgIpc) is 2.94. The predicted octanol–water partition coefficient (Wildman–Crippen LogP) is 2.12. The molecule has 0 saturated carbocycles. The lowest BCUT2D eigenvalue weighted by Crippen LogP contribution is -2.29. The number of piperidine rings is 1. The summed E-state index contributed by atoms with van der Waals surface area (Å²) < 4.78 is 4.99. The highest BCUT2D eigenvalue weighted by Crippen LogP contribution is 2.21. The first kappa shape index (κ1) is 10.3. The maximum Gasteiger partial charge on any atom is 0.259 e. The van der Waals surface area contributed by atoms with Gasteiger partial charge in [0.1, 0.15) is 5.82 Å². The normalized spacial score (nSPS) is 16.1.